The number of nitrogens with zero attached hydrogens (tertiary/aromatic N) is 1. The first kappa shape index (κ1) is 14.4. The Hall–Kier alpha value is -3.00. The van der Waals surface area contributed by atoms with Crippen LogP contribution in [0, 0.1) is 11.3 Å². The minimum atomic E-state index is -0.492. The highest BCUT2D eigenvalue weighted by atomic mass is 16.5. The molecule has 2 N–H and O–H groups in total. The van der Waals surface area contributed by atoms with Crippen molar-refractivity contribution in [3.05, 3.63) is 53.6 Å². The first-order chi connectivity index (χ1) is 10.2. The largest absolute Gasteiger partial charge is 0.462 e. The summed E-state index contributed by atoms with van der Waals surface area (Å²) in [6.45, 7) is 2.00. The van der Waals surface area contributed by atoms with Crippen LogP contribution >= 0.6 is 0 Å². The SMILES string of the molecule is CCOC(=O)c1cccc(N)c1Oc1ccc(C#N)cc1. The molecule has 0 fully saturated rings. The van der Waals surface area contributed by atoms with Gasteiger partial charge in [0.05, 0.1) is 23.9 Å². The van der Waals surface area contributed by atoms with Crippen LogP contribution < -0.4 is 10.5 Å². The van der Waals surface area contributed by atoms with Crippen molar-refractivity contribution in [3.8, 4) is 17.6 Å². The molecule has 0 aliphatic rings. The average molecular weight is 282 g/mol. The lowest BCUT2D eigenvalue weighted by Gasteiger charge is -2.12. The second kappa shape index (κ2) is 6.44. The van der Waals surface area contributed by atoms with Gasteiger partial charge < -0.3 is 15.2 Å². The molecule has 0 aliphatic carbocycles. The summed E-state index contributed by atoms with van der Waals surface area (Å²) in [5.74, 6) is 0.242. The van der Waals surface area contributed by atoms with Crippen molar-refractivity contribution in [2.75, 3.05) is 12.3 Å². The van der Waals surface area contributed by atoms with Crippen LogP contribution in [0.4, 0.5) is 5.69 Å². The summed E-state index contributed by atoms with van der Waals surface area (Å²) < 4.78 is 10.7. The Bertz CT molecular complexity index is 688. The van der Waals surface area contributed by atoms with Crippen LogP contribution in [0.15, 0.2) is 42.5 Å². The third kappa shape index (κ3) is 3.31. The second-order valence-electron chi connectivity index (χ2n) is 4.18. The highest BCUT2D eigenvalue weighted by Gasteiger charge is 2.16. The topological polar surface area (TPSA) is 85.3 Å². The Morgan fingerprint density at radius 2 is 1.95 bits per heavy atom. The van der Waals surface area contributed by atoms with Gasteiger partial charge in [-0.3, -0.25) is 0 Å². The van der Waals surface area contributed by atoms with E-state index < -0.39 is 5.97 Å². The van der Waals surface area contributed by atoms with E-state index in [1.807, 2.05) is 6.07 Å². The van der Waals surface area contributed by atoms with Crippen molar-refractivity contribution in [1.82, 2.24) is 0 Å². The van der Waals surface area contributed by atoms with Crippen LogP contribution in [0.25, 0.3) is 0 Å². The molecule has 2 aromatic rings. The maximum Gasteiger partial charge on any atom is 0.342 e. The number of hydrogen-bond acceptors (Lipinski definition) is 5. The van der Waals surface area contributed by atoms with E-state index in [1.165, 1.54) is 0 Å². The number of benzene rings is 2. The third-order valence-corrected chi connectivity index (χ3v) is 2.74. The van der Waals surface area contributed by atoms with Gasteiger partial charge in [0.2, 0.25) is 0 Å². The molecule has 0 atom stereocenters. The number of para-hydroxylation sites is 1. The van der Waals surface area contributed by atoms with Crippen LogP contribution in [-0.2, 0) is 4.74 Å². The molecule has 0 heterocycles. The zero-order valence-corrected chi connectivity index (χ0v) is 11.5. The van der Waals surface area contributed by atoms with Gasteiger partial charge in [-0.25, -0.2) is 4.79 Å². The van der Waals surface area contributed by atoms with Crippen LogP contribution in [0.1, 0.15) is 22.8 Å². The van der Waals surface area contributed by atoms with Crippen LogP contribution in [0.5, 0.6) is 11.5 Å². The Kier molecular flexibility index (Phi) is 4.42. The van der Waals surface area contributed by atoms with Gasteiger partial charge in [0.1, 0.15) is 11.3 Å². The van der Waals surface area contributed by atoms with Crippen molar-refractivity contribution in [1.29, 1.82) is 5.26 Å². The predicted octanol–water partition coefficient (Wildman–Crippen LogP) is 3.11. The number of carbonyl (C=O) groups excluding carboxylic acids is 1. The molecule has 2 aromatic carbocycles. The van der Waals surface area contributed by atoms with E-state index in [0.29, 0.717) is 17.0 Å². The lowest BCUT2D eigenvalue weighted by Crippen LogP contribution is -2.08. The van der Waals surface area contributed by atoms with Crippen molar-refractivity contribution in [2.45, 2.75) is 6.92 Å². The molecule has 21 heavy (non-hydrogen) atoms. The minimum absolute atomic E-state index is 0.251. The monoisotopic (exact) mass is 282 g/mol. The summed E-state index contributed by atoms with van der Waals surface area (Å²) in [7, 11) is 0. The number of rotatable bonds is 4. The molecule has 5 nitrogen and oxygen atoms in total. The van der Waals surface area contributed by atoms with Crippen LogP contribution in [0.2, 0.25) is 0 Å². The summed E-state index contributed by atoms with van der Waals surface area (Å²) in [5.41, 5.74) is 7.00. The lowest BCUT2D eigenvalue weighted by atomic mass is 10.1. The van der Waals surface area contributed by atoms with Gasteiger partial charge in [0, 0.05) is 0 Å². The molecule has 0 amide bonds. The number of nitrogen functional groups attached to an aromatic ring is 1. The fourth-order valence-corrected chi connectivity index (χ4v) is 1.75. The van der Waals surface area contributed by atoms with Crippen LogP contribution in [-0.4, -0.2) is 12.6 Å². The molecule has 5 heteroatoms. The first-order valence-corrected chi connectivity index (χ1v) is 6.39. The third-order valence-electron chi connectivity index (χ3n) is 2.74. The van der Waals surface area contributed by atoms with E-state index in [-0.39, 0.29) is 17.9 Å². The van der Waals surface area contributed by atoms with E-state index in [4.69, 9.17) is 20.5 Å². The maximum atomic E-state index is 11.9. The molecular formula is C16H14N2O3. The van der Waals surface area contributed by atoms with Crippen LogP contribution in [0.3, 0.4) is 0 Å². The fourth-order valence-electron chi connectivity index (χ4n) is 1.75. The van der Waals surface area contributed by atoms with Gasteiger partial charge in [-0.2, -0.15) is 5.26 Å². The normalized spacial score (nSPS) is 9.71. The van der Waals surface area contributed by atoms with E-state index in [2.05, 4.69) is 0 Å². The summed E-state index contributed by atoms with van der Waals surface area (Å²) in [4.78, 5) is 11.9. The summed E-state index contributed by atoms with van der Waals surface area (Å²) in [5, 5.41) is 8.77. The van der Waals surface area contributed by atoms with Gasteiger partial charge in [0.25, 0.3) is 0 Å². The molecule has 2 rings (SSSR count). The quantitative estimate of drug-likeness (QED) is 0.688. The van der Waals surface area contributed by atoms with Gasteiger partial charge in [0.15, 0.2) is 5.75 Å². The molecule has 0 saturated heterocycles. The number of hydrogen-bond donors (Lipinski definition) is 1. The number of nitriles is 1. The van der Waals surface area contributed by atoms with Crippen molar-refractivity contribution in [2.24, 2.45) is 0 Å². The van der Waals surface area contributed by atoms with E-state index in [9.17, 15) is 4.79 Å². The van der Waals surface area contributed by atoms with Gasteiger partial charge >= 0.3 is 5.97 Å². The summed E-state index contributed by atoms with van der Waals surface area (Å²) in [6, 6.07) is 13.4. The van der Waals surface area contributed by atoms with Crippen molar-refractivity contribution < 1.29 is 14.3 Å². The molecule has 0 unspecified atom stereocenters. The highest BCUT2D eigenvalue weighted by molar-refractivity contribution is 5.94. The Morgan fingerprint density at radius 3 is 2.57 bits per heavy atom. The molecular weight excluding hydrogens is 268 g/mol. The maximum absolute atomic E-state index is 11.9. The lowest BCUT2D eigenvalue weighted by molar-refractivity contribution is 0.0523. The van der Waals surface area contributed by atoms with Gasteiger partial charge in [-0.1, -0.05) is 6.07 Å². The molecule has 0 aliphatic heterocycles. The van der Waals surface area contributed by atoms with Gasteiger partial charge in [-0.15, -0.1) is 0 Å². The smallest absolute Gasteiger partial charge is 0.342 e. The molecule has 0 spiro atoms. The zero-order valence-electron chi connectivity index (χ0n) is 11.5. The van der Waals surface area contributed by atoms with E-state index >= 15 is 0 Å². The van der Waals surface area contributed by atoms with Crippen molar-refractivity contribution in [3.63, 3.8) is 0 Å². The summed E-state index contributed by atoms with van der Waals surface area (Å²) >= 11 is 0. The van der Waals surface area contributed by atoms with Gasteiger partial charge in [-0.05, 0) is 43.3 Å². The Labute approximate surface area is 122 Å². The zero-order chi connectivity index (χ0) is 15.2. The average Bonchev–Trinajstić information content (AvgIpc) is 2.50. The standard InChI is InChI=1S/C16H14N2O3/c1-2-20-16(19)13-4-3-5-14(18)15(13)21-12-8-6-11(10-17)7-9-12/h3-9H,2,18H2,1H3. The Morgan fingerprint density at radius 1 is 1.24 bits per heavy atom. The number of esters is 1. The highest BCUT2D eigenvalue weighted by Crippen LogP contribution is 2.32. The molecule has 0 radical (unpaired) electrons. The molecule has 106 valence electrons. The summed E-state index contributed by atoms with van der Waals surface area (Å²) in [6.07, 6.45) is 0. The van der Waals surface area contributed by atoms with E-state index in [1.54, 1.807) is 49.4 Å². The predicted molar refractivity (Wildman–Crippen MR) is 78.0 cm³/mol. The number of nitrogens with two attached hydrogens (primary N) is 1. The first-order valence-electron chi connectivity index (χ1n) is 6.39. The Balaban J connectivity index is 2.34. The number of ether oxygens (including phenoxy) is 2. The molecule has 0 saturated carbocycles. The fraction of sp³-hybridized carbons (Fsp3) is 0.125. The molecule has 0 bridgehead atoms. The number of carbonyl (C=O) groups is 1. The minimum Gasteiger partial charge on any atom is -0.462 e. The number of anilines is 1. The van der Waals surface area contributed by atoms with Crippen molar-refractivity contribution >= 4 is 11.7 Å². The molecule has 0 aromatic heterocycles. The van der Waals surface area contributed by atoms with E-state index in [0.717, 1.165) is 0 Å². The second-order valence-corrected chi connectivity index (χ2v) is 4.18.